The van der Waals surface area contributed by atoms with Crippen molar-refractivity contribution in [2.75, 3.05) is 33.4 Å². The molecule has 1 aromatic carbocycles. The van der Waals surface area contributed by atoms with Gasteiger partial charge >= 0.3 is 0 Å². The van der Waals surface area contributed by atoms with Crippen molar-refractivity contribution >= 4 is 22.5 Å². The number of nitrogens with zero attached hydrogens (tertiary/aromatic N) is 2. The molecule has 27 heavy (non-hydrogen) atoms. The molecule has 2 fully saturated rings. The minimum atomic E-state index is -0.318. The van der Waals surface area contributed by atoms with Gasteiger partial charge in [-0.2, -0.15) is 0 Å². The van der Waals surface area contributed by atoms with Crippen molar-refractivity contribution in [3.63, 3.8) is 0 Å². The van der Waals surface area contributed by atoms with E-state index in [1.165, 1.54) is 38.8 Å². The molecule has 0 unspecified atom stereocenters. The highest BCUT2D eigenvalue weighted by molar-refractivity contribution is 6.35. The molecule has 0 amide bonds. The lowest BCUT2D eigenvalue weighted by molar-refractivity contribution is -0.00972. The molecule has 2 aliphatic rings. The van der Waals surface area contributed by atoms with Gasteiger partial charge in [-0.05, 0) is 63.4 Å². The van der Waals surface area contributed by atoms with E-state index in [4.69, 9.17) is 21.1 Å². The summed E-state index contributed by atoms with van der Waals surface area (Å²) < 4.78 is 12.4. The quantitative estimate of drug-likeness (QED) is 0.613. The van der Waals surface area contributed by atoms with Gasteiger partial charge in [0.05, 0.1) is 28.3 Å². The van der Waals surface area contributed by atoms with Crippen LogP contribution in [0.5, 0.6) is 5.75 Å². The van der Waals surface area contributed by atoms with E-state index < -0.39 is 0 Å². The molecular weight excluding hydrogens is 360 g/mol. The number of hydrogen-bond donors (Lipinski definition) is 0. The highest BCUT2D eigenvalue weighted by Crippen LogP contribution is 2.48. The zero-order valence-electron chi connectivity index (χ0n) is 16.2. The van der Waals surface area contributed by atoms with Crippen molar-refractivity contribution in [1.82, 2.24) is 9.88 Å². The van der Waals surface area contributed by atoms with Crippen LogP contribution in [0.25, 0.3) is 10.9 Å². The first kappa shape index (κ1) is 19.0. The molecular formula is C22H29ClN2O2. The molecule has 146 valence electrons. The van der Waals surface area contributed by atoms with Gasteiger partial charge in [-0.15, -0.1) is 0 Å². The van der Waals surface area contributed by atoms with Crippen molar-refractivity contribution in [3.8, 4) is 5.75 Å². The van der Waals surface area contributed by atoms with E-state index >= 15 is 0 Å². The van der Waals surface area contributed by atoms with Gasteiger partial charge < -0.3 is 14.4 Å². The third-order valence-corrected chi connectivity index (χ3v) is 6.48. The van der Waals surface area contributed by atoms with E-state index in [1.54, 1.807) is 6.20 Å². The highest BCUT2D eigenvalue weighted by Gasteiger charge is 2.40. The van der Waals surface area contributed by atoms with Crippen molar-refractivity contribution in [2.45, 2.75) is 50.5 Å². The Morgan fingerprint density at radius 1 is 1.11 bits per heavy atom. The monoisotopic (exact) mass is 388 g/mol. The SMILES string of the molecule is COC1(c2c(OCCCN3CCCC3)ccc3c(Cl)ccnc23)CCCC1. The third kappa shape index (κ3) is 3.80. The minimum Gasteiger partial charge on any atom is -0.493 e. The maximum atomic E-state index is 6.45. The Morgan fingerprint density at radius 3 is 2.63 bits per heavy atom. The van der Waals surface area contributed by atoms with Gasteiger partial charge in [0.15, 0.2) is 0 Å². The summed E-state index contributed by atoms with van der Waals surface area (Å²) in [6, 6.07) is 5.93. The van der Waals surface area contributed by atoms with Gasteiger partial charge in [0.2, 0.25) is 0 Å². The second-order valence-corrected chi connectivity index (χ2v) is 8.19. The van der Waals surface area contributed by atoms with Crippen molar-refractivity contribution in [1.29, 1.82) is 0 Å². The van der Waals surface area contributed by atoms with Crippen LogP contribution < -0.4 is 4.74 Å². The smallest absolute Gasteiger partial charge is 0.127 e. The molecule has 1 aromatic heterocycles. The Balaban J connectivity index is 1.62. The van der Waals surface area contributed by atoms with Crippen LogP contribution in [0.2, 0.25) is 5.02 Å². The molecule has 4 nitrogen and oxygen atoms in total. The fraction of sp³-hybridized carbons (Fsp3) is 0.591. The largest absolute Gasteiger partial charge is 0.493 e. The van der Waals surface area contributed by atoms with Crippen molar-refractivity contribution in [2.24, 2.45) is 0 Å². The summed E-state index contributed by atoms with van der Waals surface area (Å²) in [5.74, 6) is 0.905. The Morgan fingerprint density at radius 2 is 1.89 bits per heavy atom. The lowest BCUT2D eigenvalue weighted by Crippen LogP contribution is -2.26. The molecule has 5 heteroatoms. The normalized spacial score (nSPS) is 19.8. The summed E-state index contributed by atoms with van der Waals surface area (Å²) in [6.07, 6.45) is 9.82. The highest BCUT2D eigenvalue weighted by atomic mass is 35.5. The molecule has 1 saturated heterocycles. The summed E-state index contributed by atoms with van der Waals surface area (Å²) in [5, 5.41) is 1.70. The van der Waals surface area contributed by atoms with Crippen LogP contribution in [0, 0.1) is 0 Å². The van der Waals surface area contributed by atoms with Gasteiger partial charge in [-0.25, -0.2) is 0 Å². The number of methoxy groups -OCH3 is 1. The number of pyridine rings is 1. The number of halogens is 1. The number of hydrogen-bond acceptors (Lipinski definition) is 4. The average Bonchev–Trinajstić information content (AvgIpc) is 3.37. The fourth-order valence-corrected chi connectivity index (χ4v) is 4.91. The standard InChI is InChI=1S/C22H29ClN2O2/c1-26-22(10-2-3-11-22)20-19(27-16-6-15-25-13-4-5-14-25)8-7-17-18(23)9-12-24-21(17)20/h7-9,12H,2-6,10-11,13-16H2,1H3. The number of fused-ring (bicyclic) bond motifs is 1. The van der Waals surface area contributed by atoms with Gasteiger partial charge in [0.1, 0.15) is 5.75 Å². The lowest BCUT2D eigenvalue weighted by Gasteiger charge is -2.31. The molecule has 2 aromatic rings. The average molecular weight is 389 g/mol. The third-order valence-electron chi connectivity index (χ3n) is 6.15. The zero-order valence-corrected chi connectivity index (χ0v) is 16.9. The second-order valence-electron chi connectivity index (χ2n) is 7.78. The summed E-state index contributed by atoms with van der Waals surface area (Å²) in [4.78, 5) is 7.21. The summed E-state index contributed by atoms with van der Waals surface area (Å²) in [5.41, 5.74) is 1.69. The van der Waals surface area contributed by atoms with Crippen LogP contribution in [-0.2, 0) is 10.3 Å². The Hall–Kier alpha value is -1.36. The molecule has 0 radical (unpaired) electrons. The van der Waals surface area contributed by atoms with Gasteiger partial charge in [-0.1, -0.05) is 24.4 Å². The molecule has 0 N–H and O–H groups in total. The van der Waals surface area contributed by atoms with E-state index in [9.17, 15) is 0 Å². The van der Waals surface area contributed by atoms with Crippen LogP contribution in [-0.4, -0.2) is 43.2 Å². The minimum absolute atomic E-state index is 0.318. The van der Waals surface area contributed by atoms with E-state index in [0.29, 0.717) is 0 Å². The summed E-state index contributed by atoms with van der Waals surface area (Å²) in [7, 11) is 1.81. The molecule has 0 spiro atoms. The Bertz CT molecular complexity index is 783. The maximum Gasteiger partial charge on any atom is 0.127 e. The summed E-state index contributed by atoms with van der Waals surface area (Å²) >= 11 is 6.45. The summed E-state index contributed by atoms with van der Waals surface area (Å²) in [6.45, 7) is 4.30. The molecule has 1 aliphatic carbocycles. The molecule has 1 aliphatic heterocycles. The van der Waals surface area contributed by atoms with Gasteiger partial charge in [0, 0.05) is 25.2 Å². The molecule has 4 rings (SSSR count). The number of rotatable bonds is 7. The van der Waals surface area contributed by atoms with Crippen LogP contribution in [0.15, 0.2) is 24.4 Å². The van der Waals surface area contributed by atoms with Gasteiger partial charge in [-0.3, -0.25) is 4.98 Å². The van der Waals surface area contributed by atoms with Crippen molar-refractivity contribution < 1.29 is 9.47 Å². The van der Waals surface area contributed by atoms with E-state index in [-0.39, 0.29) is 5.60 Å². The molecule has 0 atom stereocenters. The topological polar surface area (TPSA) is 34.6 Å². The first-order valence-electron chi connectivity index (χ1n) is 10.2. The lowest BCUT2D eigenvalue weighted by atomic mass is 9.89. The fourth-order valence-electron chi connectivity index (χ4n) is 4.71. The second kappa shape index (κ2) is 8.34. The van der Waals surface area contributed by atoms with Crippen molar-refractivity contribution in [3.05, 3.63) is 35.0 Å². The Labute approximate surface area is 166 Å². The van der Waals surface area contributed by atoms with Crippen LogP contribution in [0.3, 0.4) is 0 Å². The Kier molecular flexibility index (Phi) is 5.86. The van der Waals surface area contributed by atoms with Crippen LogP contribution >= 0.6 is 11.6 Å². The first-order chi connectivity index (χ1) is 13.2. The van der Waals surface area contributed by atoms with Crippen LogP contribution in [0.1, 0.15) is 50.5 Å². The number of aromatic nitrogens is 1. The van der Waals surface area contributed by atoms with E-state index in [2.05, 4.69) is 16.0 Å². The molecule has 1 saturated carbocycles. The first-order valence-corrected chi connectivity index (χ1v) is 10.6. The van der Waals surface area contributed by atoms with Crippen LogP contribution in [0.4, 0.5) is 0 Å². The van der Waals surface area contributed by atoms with E-state index in [0.717, 1.165) is 59.7 Å². The molecule has 0 bridgehead atoms. The van der Waals surface area contributed by atoms with Gasteiger partial charge in [0.25, 0.3) is 0 Å². The zero-order chi connectivity index (χ0) is 18.7. The predicted molar refractivity (Wildman–Crippen MR) is 110 cm³/mol. The number of benzene rings is 1. The molecule has 2 heterocycles. The number of ether oxygens (including phenoxy) is 2. The maximum absolute atomic E-state index is 6.45. The van der Waals surface area contributed by atoms with E-state index in [1.807, 2.05) is 19.2 Å². The predicted octanol–water partition coefficient (Wildman–Crippen LogP) is 5.17. The number of likely N-dealkylation sites (tertiary alicyclic amines) is 1.